The SMILES string of the molecule is Nc1cc(C(=O)c2c(N)c(N)c(N)c(N)c2N)c(N)c(N)c1N. The Hall–Kier alpha value is -3.69. The minimum atomic E-state index is -0.644. The van der Waals surface area contributed by atoms with Gasteiger partial charge in [-0.2, -0.15) is 0 Å². The second kappa shape index (κ2) is 4.94. The summed E-state index contributed by atoms with van der Waals surface area (Å²) in [6.45, 7) is 0. The summed E-state index contributed by atoms with van der Waals surface area (Å²) in [6.07, 6.45) is 0. The third kappa shape index (κ3) is 2.09. The van der Waals surface area contributed by atoms with Crippen LogP contribution in [0.15, 0.2) is 6.07 Å². The molecule has 0 aliphatic carbocycles. The zero-order valence-corrected chi connectivity index (χ0v) is 12.2. The first-order valence-corrected chi connectivity index (χ1v) is 6.38. The summed E-state index contributed by atoms with van der Waals surface area (Å²) in [4.78, 5) is 12.8. The van der Waals surface area contributed by atoms with Gasteiger partial charge in [-0.3, -0.25) is 4.79 Å². The average molecular weight is 317 g/mol. The highest BCUT2D eigenvalue weighted by Gasteiger charge is 2.25. The van der Waals surface area contributed by atoms with Crippen LogP contribution in [-0.4, -0.2) is 5.78 Å². The lowest BCUT2D eigenvalue weighted by Gasteiger charge is -2.18. The molecule has 0 radical (unpaired) electrons. The van der Waals surface area contributed by atoms with Gasteiger partial charge in [-0.05, 0) is 6.07 Å². The summed E-state index contributed by atoms with van der Waals surface area (Å²) in [6, 6.07) is 1.28. The van der Waals surface area contributed by atoms with Crippen molar-refractivity contribution in [2.75, 3.05) is 51.6 Å². The maximum absolute atomic E-state index is 12.8. The Bertz CT molecular complexity index is 815. The molecule has 10 nitrogen and oxygen atoms in total. The first-order valence-electron chi connectivity index (χ1n) is 6.38. The molecule has 122 valence electrons. The number of ketones is 1. The first-order chi connectivity index (χ1) is 10.6. The van der Waals surface area contributed by atoms with Gasteiger partial charge in [0, 0.05) is 5.56 Å². The number of nitrogens with two attached hydrogens (primary N) is 9. The third-order valence-corrected chi connectivity index (χ3v) is 3.65. The fourth-order valence-corrected chi connectivity index (χ4v) is 2.17. The molecule has 0 aliphatic heterocycles. The van der Waals surface area contributed by atoms with E-state index in [0.717, 1.165) is 0 Å². The highest BCUT2D eigenvalue weighted by molar-refractivity contribution is 6.23. The Kier molecular flexibility index (Phi) is 3.37. The van der Waals surface area contributed by atoms with Crippen LogP contribution in [0.4, 0.5) is 51.2 Å². The van der Waals surface area contributed by atoms with Crippen LogP contribution in [0.2, 0.25) is 0 Å². The van der Waals surface area contributed by atoms with Gasteiger partial charge in [-0.15, -0.1) is 0 Å². The van der Waals surface area contributed by atoms with E-state index in [1.807, 2.05) is 0 Å². The molecule has 2 rings (SSSR count). The maximum atomic E-state index is 12.8. The lowest BCUT2D eigenvalue weighted by Crippen LogP contribution is -2.17. The van der Waals surface area contributed by atoms with Gasteiger partial charge in [0.05, 0.1) is 56.7 Å². The van der Waals surface area contributed by atoms with E-state index in [1.54, 1.807) is 0 Å². The highest BCUT2D eigenvalue weighted by Crippen LogP contribution is 2.41. The zero-order valence-electron chi connectivity index (χ0n) is 12.2. The van der Waals surface area contributed by atoms with Crippen LogP contribution in [0.5, 0.6) is 0 Å². The fraction of sp³-hybridized carbons (Fsp3) is 0. The summed E-state index contributed by atoms with van der Waals surface area (Å²) in [5, 5.41) is 0. The molecule has 0 unspecified atom stereocenters. The van der Waals surface area contributed by atoms with Crippen molar-refractivity contribution in [3.8, 4) is 0 Å². The van der Waals surface area contributed by atoms with Crippen LogP contribution < -0.4 is 51.6 Å². The highest BCUT2D eigenvalue weighted by atomic mass is 16.1. The molecule has 0 saturated heterocycles. The lowest BCUT2D eigenvalue weighted by molar-refractivity contribution is 0.104. The smallest absolute Gasteiger partial charge is 0.199 e. The minimum Gasteiger partial charge on any atom is -0.397 e. The largest absolute Gasteiger partial charge is 0.397 e. The minimum absolute atomic E-state index is 0.000792. The molecule has 23 heavy (non-hydrogen) atoms. The molecular weight excluding hydrogens is 298 g/mol. The number of benzene rings is 2. The second-order valence-corrected chi connectivity index (χ2v) is 5.03. The fourth-order valence-electron chi connectivity index (χ4n) is 2.17. The molecule has 0 fully saturated rings. The number of hydrogen-bond acceptors (Lipinski definition) is 10. The third-order valence-electron chi connectivity index (χ3n) is 3.65. The number of rotatable bonds is 2. The van der Waals surface area contributed by atoms with Crippen molar-refractivity contribution in [2.45, 2.75) is 0 Å². The summed E-state index contributed by atoms with van der Waals surface area (Å²) < 4.78 is 0. The molecule has 0 amide bonds. The Morgan fingerprint density at radius 2 is 0.957 bits per heavy atom. The molecule has 0 spiro atoms. The number of hydrogen-bond donors (Lipinski definition) is 9. The van der Waals surface area contributed by atoms with Gasteiger partial charge in [0.15, 0.2) is 5.78 Å². The van der Waals surface area contributed by atoms with Gasteiger partial charge in [0.1, 0.15) is 0 Å². The van der Waals surface area contributed by atoms with Gasteiger partial charge in [-0.1, -0.05) is 0 Å². The Morgan fingerprint density at radius 3 is 1.43 bits per heavy atom. The van der Waals surface area contributed by atoms with E-state index in [4.69, 9.17) is 51.6 Å². The van der Waals surface area contributed by atoms with Crippen molar-refractivity contribution < 1.29 is 4.79 Å². The van der Waals surface area contributed by atoms with Crippen LogP contribution in [0.3, 0.4) is 0 Å². The number of anilines is 9. The summed E-state index contributed by atoms with van der Waals surface area (Å²) >= 11 is 0. The van der Waals surface area contributed by atoms with Gasteiger partial charge >= 0.3 is 0 Å². The normalized spacial score (nSPS) is 10.6. The second-order valence-electron chi connectivity index (χ2n) is 5.03. The van der Waals surface area contributed by atoms with Crippen LogP contribution in [0, 0.1) is 0 Å². The van der Waals surface area contributed by atoms with Crippen LogP contribution in [0.25, 0.3) is 0 Å². The number of nitrogen functional groups attached to an aromatic ring is 9. The van der Waals surface area contributed by atoms with Crippen molar-refractivity contribution in [1.82, 2.24) is 0 Å². The molecule has 18 N–H and O–H groups in total. The van der Waals surface area contributed by atoms with Crippen molar-refractivity contribution in [1.29, 1.82) is 0 Å². The first kappa shape index (κ1) is 15.7. The van der Waals surface area contributed by atoms with Crippen molar-refractivity contribution in [3.63, 3.8) is 0 Å². The van der Waals surface area contributed by atoms with E-state index in [9.17, 15) is 4.79 Å². The topological polar surface area (TPSA) is 251 Å². The van der Waals surface area contributed by atoms with Crippen LogP contribution >= 0.6 is 0 Å². The molecule has 0 aliphatic rings. The Labute approximate surface area is 131 Å². The van der Waals surface area contributed by atoms with Gasteiger partial charge in [0.2, 0.25) is 0 Å². The molecule has 0 heterocycles. The molecule has 2 aromatic rings. The zero-order chi connectivity index (χ0) is 17.6. The number of carbonyl (C=O) groups is 1. The Balaban J connectivity index is 2.78. The lowest BCUT2D eigenvalue weighted by atomic mass is 9.95. The van der Waals surface area contributed by atoms with Crippen molar-refractivity contribution in [2.24, 2.45) is 0 Å². The van der Waals surface area contributed by atoms with E-state index in [-0.39, 0.29) is 62.3 Å². The Morgan fingerprint density at radius 1 is 0.565 bits per heavy atom. The van der Waals surface area contributed by atoms with Gasteiger partial charge in [0.25, 0.3) is 0 Å². The van der Waals surface area contributed by atoms with Crippen LogP contribution in [0.1, 0.15) is 15.9 Å². The molecular formula is C13H19N9O. The van der Waals surface area contributed by atoms with E-state index in [0.29, 0.717) is 0 Å². The summed E-state index contributed by atoms with van der Waals surface area (Å²) in [7, 11) is 0. The van der Waals surface area contributed by atoms with Crippen molar-refractivity contribution >= 4 is 57.0 Å². The van der Waals surface area contributed by atoms with Gasteiger partial charge in [-0.25, -0.2) is 0 Å². The quantitative estimate of drug-likeness (QED) is 0.245. The molecule has 0 aromatic heterocycles. The van der Waals surface area contributed by atoms with E-state index in [2.05, 4.69) is 0 Å². The monoisotopic (exact) mass is 317 g/mol. The van der Waals surface area contributed by atoms with E-state index in [1.165, 1.54) is 6.07 Å². The standard InChI is InChI=1S/C13H19N9O/c14-3-1-2(5(15)9(19)6(3)16)13(23)4-7(17)10(20)12(22)11(21)8(4)18/h1H,14-22H2. The molecule has 0 saturated carbocycles. The molecule has 10 heteroatoms. The van der Waals surface area contributed by atoms with Crippen molar-refractivity contribution in [3.05, 3.63) is 17.2 Å². The summed E-state index contributed by atoms with van der Waals surface area (Å²) in [5.74, 6) is -0.644. The predicted octanol–water partition coefficient (Wildman–Crippen LogP) is -0.843. The number of carbonyl (C=O) groups excluding carboxylic acids is 1. The van der Waals surface area contributed by atoms with E-state index >= 15 is 0 Å². The molecule has 0 bridgehead atoms. The van der Waals surface area contributed by atoms with E-state index < -0.39 is 5.78 Å². The van der Waals surface area contributed by atoms with Gasteiger partial charge < -0.3 is 51.6 Å². The average Bonchev–Trinajstić information content (AvgIpc) is 2.52. The molecule has 0 atom stereocenters. The predicted molar refractivity (Wildman–Crippen MR) is 96.0 cm³/mol. The maximum Gasteiger partial charge on any atom is 0.199 e. The summed E-state index contributed by atoms with van der Waals surface area (Å²) in [5.41, 5.74) is 51.6. The van der Waals surface area contributed by atoms with Crippen LogP contribution in [-0.2, 0) is 0 Å². The molecule has 2 aromatic carbocycles.